The maximum Gasteiger partial charge on any atom is 0.243 e. The maximum absolute atomic E-state index is 12.8. The summed E-state index contributed by atoms with van der Waals surface area (Å²) in [6.07, 6.45) is 0. The van der Waals surface area contributed by atoms with Gasteiger partial charge in [0.25, 0.3) is 0 Å². The minimum atomic E-state index is -3.64. The molecule has 0 heterocycles. The Morgan fingerprint density at radius 1 is 1.42 bits per heavy atom. The van der Waals surface area contributed by atoms with Gasteiger partial charge >= 0.3 is 0 Å². The van der Waals surface area contributed by atoms with E-state index in [1.54, 1.807) is 13.8 Å². The summed E-state index contributed by atoms with van der Waals surface area (Å²) in [5, 5.41) is 0. The standard InChI is InChI=1S/C12H17FN2O2S2/c1-3-15(8-9(2)12(14)18)19(16,17)11-6-4-10(13)5-7-11/h4-7,9H,3,8H2,1-2H3,(H2,14,18). The van der Waals surface area contributed by atoms with E-state index in [2.05, 4.69) is 0 Å². The molecule has 2 N–H and O–H groups in total. The highest BCUT2D eigenvalue weighted by Gasteiger charge is 2.25. The molecule has 1 atom stereocenters. The molecule has 0 bridgehead atoms. The number of thiocarbonyl (C=S) groups is 1. The normalized spacial score (nSPS) is 13.5. The lowest BCUT2D eigenvalue weighted by Crippen LogP contribution is -2.38. The summed E-state index contributed by atoms with van der Waals surface area (Å²) in [7, 11) is -3.64. The van der Waals surface area contributed by atoms with Crippen molar-refractivity contribution in [3.8, 4) is 0 Å². The van der Waals surface area contributed by atoms with Crippen LogP contribution in [-0.2, 0) is 10.0 Å². The number of hydrogen-bond acceptors (Lipinski definition) is 3. The molecule has 0 saturated heterocycles. The largest absolute Gasteiger partial charge is 0.393 e. The van der Waals surface area contributed by atoms with E-state index >= 15 is 0 Å². The molecule has 1 rings (SSSR count). The fraction of sp³-hybridized carbons (Fsp3) is 0.417. The second kappa shape index (κ2) is 6.40. The quantitative estimate of drug-likeness (QED) is 0.813. The third kappa shape index (κ3) is 3.95. The van der Waals surface area contributed by atoms with E-state index in [4.69, 9.17) is 18.0 Å². The lowest BCUT2D eigenvalue weighted by molar-refractivity contribution is 0.405. The van der Waals surface area contributed by atoms with Gasteiger partial charge in [0.15, 0.2) is 0 Å². The molecule has 1 aromatic rings. The number of nitrogens with zero attached hydrogens (tertiary/aromatic N) is 1. The molecule has 0 spiro atoms. The molecule has 1 unspecified atom stereocenters. The van der Waals surface area contributed by atoms with Gasteiger partial charge < -0.3 is 5.73 Å². The van der Waals surface area contributed by atoms with E-state index in [0.717, 1.165) is 12.1 Å². The van der Waals surface area contributed by atoms with Crippen LogP contribution in [0.15, 0.2) is 29.2 Å². The molecule has 0 amide bonds. The smallest absolute Gasteiger partial charge is 0.243 e. The van der Waals surface area contributed by atoms with Gasteiger partial charge in [-0.05, 0) is 24.3 Å². The molecule has 1 aromatic carbocycles. The van der Waals surface area contributed by atoms with Crippen LogP contribution in [-0.4, -0.2) is 30.8 Å². The second-order valence-electron chi connectivity index (χ2n) is 4.21. The van der Waals surface area contributed by atoms with Crippen LogP contribution in [0.3, 0.4) is 0 Å². The molecule has 0 aliphatic heterocycles. The summed E-state index contributed by atoms with van der Waals surface area (Å²) in [5.74, 6) is -0.691. The molecule has 19 heavy (non-hydrogen) atoms. The Hall–Kier alpha value is -1.05. The summed E-state index contributed by atoms with van der Waals surface area (Å²) >= 11 is 4.85. The van der Waals surface area contributed by atoms with E-state index in [1.807, 2.05) is 0 Å². The van der Waals surface area contributed by atoms with Gasteiger partial charge in [0.2, 0.25) is 10.0 Å². The van der Waals surface area contributed by atoms with Gasteiger partial charge in [0.1, 0.15) is 5.82 Å². The number of sulfonamides is 1. The Bertz CT molecular complexity index is 543. The summed E-state index contributed by atoms with van der Waals surface area (Å²) in [6.45, 7) is 4.01. The number of halogens is 1. The Morgan fingerprint density at radius 3 is 2.37 bits per heavy atom. The van der Waals surface area contributed by atoms with Crippen molar-refractivity contribution in [2.24, 2.45) is 11.7 Å². The van der Waals surface area contributed by atoms with Crippen molar-refractivity contribution in [2.45, 2.75) is 18.7 Å². The van der Waals surface area contributed by atoms with Crippen molar-refractivity contribution in [2.75, 3.05) is 13.1 Å². The summed E-state index contributed by atoms with van der Waals surface area (Å²) in [5.41, 5.74) is 5.50. The van der Waals surface area contributed by atoms with Gasteiger partial charge in [0, 0.05) is 19.0 Å². The van der Waals surface area contributed by atoms with Crippen LogP contribution in [0.25, 0.3) is 0 Å². The predicted molar refractivity (Wildman–Crippen MR) is 76.8 cm³/mol. The van der Waals surface area contributed by atoms with Crippen molar-refractivity contribution in [3.05, 3.63) is 30.1 Å². The van der Waals surface area contributed by atoms with Crippen molar-refractivity contribution in [1.82, 2.24) is 4.31 Å². The molecule has 0 aliphatic carbocycles. The zero-order valence-corrected chi connectivity index (χ0v) is 12.5. The van der Waals surface area contributed by atoms with Crippen LogP contribution in [0.2, 0.25) is 0 Å². The molecule has 0 radical (unpaired) electrons. The SMILES string of the molecule is CCN(CC(C)C(N)=S)S(=O)(=O)c1ccc(F)cc1. The third-order valence-corrected chi connectivity index (χ3v) is 5.12. The van der Waals surface area contributed by atoms with E-state index in [-0.39, 0.29) is 22.3 Å². The average molecular weight is 304 g/mol. The van der Waals surface area contributed by atoms with Crippen LogP contribution in [0, 0.1) is 11.7 Å². The van der Waals surface area contributed by atoms with E-state index in [9.17, 15) is 12.8 Å². The predicted octanol–water partition coefficient (Wildman–Crippen LogP) is 1.76. The third-order valence-electron chi connectivity index (χ3n) is 2.77. The van der Waals surface area contributed by atoms with Gasteiger partial charge in [-0.2, -0.15) is 4.31 Å². The molecule has 0 fully saturated rings. The highest BCUT2D eigenvalue weighted by atomic mass is 32.2. The highest BCUT2D eigenvalue weighted by molar-refractivity contribution is 7.89. The fourth-order valence-electron chi connectivity index (χ4n) is 1.55. The second-order valence-corrected chi connectivity index (χ2v) is 6.62. The first-order chi connectivity index (χ1) is 8.78. The summed E-state index contributed by atoms with van der Waals surface area (Å²) < 4.78 is 38.8. The van der Waals surface area contributed by atoms with Crippen molar-refractivity contribution < 1.29 is 12.8 Å². The molecule has 4 nitrogen and oxygen atoms in total. The first-order valence-corrected chi connectivity index (χ1v) is 7.69. The average Bonchev–Trinajstić information content (AvgIpc) is 2.35. The molecule has 106 valence electrons. The van der Waals surface area contributed by atoms with E-state index < -0.39 is 15.8 Å². The minimum Gasteiger partial charge on any atom is -0.393 e. The number of nitrogens with two attached hydrogens (primary N) is 1. The topological polar surface area (TPSA) is 63.4 Å². The van der Waals surface area contributed by atoms with Crippen molar-refractivity contribution in [1.29, 1.82) is 0 Å². The van der Waals surface area contributed by atoms with Crippen LogP contribution in [0.5, 0.6) is 0 Å². The zero-order chi connectivity index (χ0) is 14.6. The lowest BCUT2D eigenvalue weighted by atomic mass is 10.2. The molecular weight excluding hydrogens is 287 g/mol. The van der Waals surface area contributed by atoms with Gasteiger partial charge in [-0.25, -0.2) is 12.8 Å². The molecule has 7 heteroatoms. The Morgan fingerprint density at radius 2 is 1.95 bits per heavy atom. The van der Waals surface area contributed by atoms with Crippen LogP contribution < -0.4 is 5.73 Å². The minimum absolute atomic E-state index is 0.0610. The monoisotopic (exact) mass is 304 g/mol. The van der Waals surface area contributed by atoms with Crippen molar-refractivity contribution in [3.63, 3.8) is 0 Å². The first kappa shape index (κ1) is 16.0. The molecular formula is C12H17FN2O2S2. The summed E-state index contributed by atoms with van der Waals surface area (Å²) in [4.78, 5) is 0.332. The van der Waals surface area contributed by atoms with Crippen molar-refractivity contribution >= 4 is 27.2 Å². The Labute approximate surface area is 118 Å². The van der Waals surface area contributed by atoms with Crippen LogP contribution in [0.4, 0.5) is 4.39 Å². The molecule has 0 aromatic heterocycles. The van der Waals surface area contributed by atoms with Gasteiger partial charge in [-0.1, -0.05) is 26.1 Å². The number of benzene rings is 1. The summed E-state index contributed by atoms with van der Waals surface area (Å²) in [6, 6.07) is 4.74. The van der Waals surface area contributed by atoms with E-state index in [1.165, 1.54) is 16.4 Å². The first-order valence-electron chi connectivity index (χ1n) is 5.84. The highest BCUT2D eigenvalue weighted by Crippen LogP contribution is 2.17. The zero-order valence-electron chi connectivity index (χ0n) is 10.8. The lowest BCUT2D eigenvalue weighted by Gasteiger charge is -2.23. The Kier molecular flexibility index (Phi) is 5.39. The maximum atomic E-state index is 12.8. The number of rotatable bonds is 6. The van der Waals surface area contributed by atoms with Crippen LogP contribution in [0.1, 0.15) is 13.8 Å². The Balaban J connectivity index is 3.02. The molecule has 0 aliphatic rings. The van der Waals surface area contributed by atoms with E-state index in [0.29, 0.717) is 6.54 Å². The van der Waals surface area contributed by atoms with Crippen LogP contribution >= 0.6 is 12.2 Å². The van der Waals surface area contributed by atoms with Gasteiger partial charge in [0.05, 0.1) is 9.88 Å². The fourth-order valence-corrected chi connectivity index (χ4v) is 3.16. The number of hydrogen-bond donors (Lipinski definition) is 1. The van der Waals surface area contributed by atoms with Gasteiger partial charge in [-0.15, -0.1) is 0 Å². The van der Waals surface area contributed by atoms with Gasteiger partial charge in [-0.3, -0.25) is 0 Å². The molecule has 0 saturated carbocycles.